The zero-order valence-corrected chi connectivity index (χ0v) is 15.5. The SMILES string of the molecule is CN(C(=O)c1nc(C(=O)Nc2ccc(F)cc2)c2ccccn12)c1ccccc1. The fourth-order valence-electron chi connectivity index (χ4n) is 3.00. The van der Waals surface area contributed by atoms with Gasteiger partial charge in [0, 0.05) is 24.6 Å². The van der Waals surface area contributed by atoms with Crippen LogP contribution in [0.1, 0.15) is 21.1 Å². The van der Waals surface area contributed by atoms with Crippen molar-refractivity contribution < 1.29 is 14.0 Å². The number of nitrogens with one attached hydrogen (secondary N) is 1. The second-order valence-electron chi connectivity index (χ2n) is 6.40. The Morgan fingerprint density at radius 1 is 0.966 bits per heavy atom. The number of para-hydroxylation sites is 1. The lowest BCUT2D eigenvalue weighted by Gasteiger charge is -2.16. The molecule has 0 aliphatic rings. The van der Waals surface area contributed by atoms with Gasteiger partial charge in [-0.1, -0.05) is 24.3 Å². The molecule has 4 rings (SSSR count). The van der Waals surface area contributed by atoms with Gasteiger partial charge in [-0.3, -0.25) is 14.0 Å². The molecule has 2 aromatic carbocycles. The van der Waals surface area contributed by atoms with E-state index in [2.05, 4.69) is 10.3 Å². The molecular formula is C22H17FN4O2. The molecule has 0 bridgehead atoms. The molecule has 1 N–H and O–H groups in total. The summed E-state index contributed by atoms with van der Waals surface area (Å²) in [6, 6.07) is 19.8. The average molecular weight is 388 g/mol. The number of hydrogen-bond donors (Lipinski definition) is 1. The lowest BCUT2D eigenvalue weighted by atomic mass is 10.2. The highest BCUT2D eigenvalue weighted by atomic mass is 19.1. The quantitative estimate of drug-likeness (QED) is 0.575. The first-order chi connectivity index (χ1) is 14.0. The van der Waals surface area contributed by atoms with E-state index in [9.17, 15) is 14.0 Å². The highest BCUT2D eigenvalue weighted by molar-refractivity contribution is 6.10. The van der Waals surface area contributed by atoms with Crippen molar-refractivity contribution in [1.82, 2.24) is 9.38 Å². The summed E-state index contributed by atoms with van der Waals surface area (Å²) in [7, 11) is 1.65. The Kier molecular flexibility index (Phi) is 4.78. The minimum absolute atomic E-state index is 0.111. The monoisotopic (exact) mass is 388 g/mol. The van der Waals surface area contributed by atoms with Crippen LogP contribution in [-0.2, 0) is 0 Å². The summed E-state index contributed by atoms with van der Waals surface area (Å²) < 4.78 is 14.7. The number of hydrogen-bond acceptors (Lipinski definition) is 3. The predicted molar refractivity (Wildman–Crippen MR) is 109 cm³/mol. The van der Waals surface area contributed by atoms with E-state index in [0.29, 0.717) is 16.9 Å². The maximum Gasteiger partial charge on any atom is 0.294 e. The summed E-state index contributed by atoms with van der Waals surface area (Å²) >= 11 is 0. The van der Waals surface area contributed by atoms with Crippen LogP contribution >= 0.6 is 0 Å². The Hall–Kier alpha value is -4.00. The molecule has 6 nitrogen and oxygen atoms in total. The summed E-state index contributed by atoms with van der Waals surface area (Å²) in [4.78, 5) is 31.7. The normalized spacial score (nSPS) is 10.7. The standard InChI is InChI=1S/C22H17FN4O2/c1-26(17-7-3-2-4-8-17)22(29)20-25-19(18-9-5-6-14-27(18)20)21(28)24-16-12-10-15(23)11-13-16/h2-14H,1H3,(H,24,28). The molecule has 0 saturated heterocycles. The topological polar surface area (TPSA) is 66.7 Å². The van der Waals surface area contributed by atoms with E-state index in [1.54, 1.807) is 35.8 Å². The second kappa shape index (κ2) is 7.55. The zero-order chi connectivity index (χ0) is 20.4. The molecule has 0 radical (unpaired) electrons. The molecule has 144 valence electrons. The molecule has 0 aliphatic heterocycles. The van der Waals surface area contributed by atoms with Crippen molar-refractivity contribution >= 4 is 28.7 Å². The first-order valence-electron chi connectivity index (χ1n) is 8.92. The van der Waals surface area contributed by atoms with Gasteiger partial charge in [-0.15, -0.1) is 0 Å². The molecule has 0 unspecified atom stereocenters. The summed E-state index contributed by atoms with van der Waals surface area (Å²) in [6.07, 6.45) is 1.68. The molecule has 29 heavy (non-hydrogen) atoms. The van der Waals surface area contributed by atoms with E-state index in [4.69, 9.17) is 0 Å². The van der Waals surface area contributed by atoms with Crippen LogP contribution in [0, 0.1) is 5.82 Å². The van der Waals surface area contributed by atoms with Gasteiger partial charge in [0.25, 0.3) is 11.8 Å². The number of rotatable bonds is 4. The molecule has 0 fully saturated rings. The van der Waals surface area contributed by atoms with Crippen molar-refractivity contribution in [1.29, 1.82) is 0 Å². The third-order valence-electron chi connectivity index (χ3n) is 4.50. The van der Waals surface area contributed by atoms with Crippen molar-refractivity contribution in [2.24, 2.45) is 0 Å². The molecule has 2 amide bonds. The number of nitrogens with zero attached hydrogens (tertiary/aromatic N) is 3. The summed E-state index contributed by atoms with van der Waals surface area (Å²) in [5.41, 5.74) is 1.75. The number of carbonyl (C=O) groups excluding carboxylic acids is 2. The van der Waals surface area contributed by atoms with Crippen LogP contribution < -0.4 is 10.2 Å². The van der Waals surface area contributed by atoms with E-state index in [-0.39, 0.29) is 17.4 Å². The van der Waals surface area contributed by atoms with Gasteiger partial charge in [-0.05, 0) is 48.5 Å². The lowest BCUT2D eigenvalue weighted by Crippen LogP contribution is -2.28. The number of anilines is 2. The van der Waals surface area contributed by atoms with Crippen molar-refractivity contribution in [2.45, 2.75) is 0 Å². The summed E-state index contributed by atoms with van der Waals surface area (Å²) in [5.74, 6) is -1.11. The lowest BCUT2D eigenvalue weighted by molar-refractivity contribution is 0.0982. The van der Waals surface area contributed by atoms with Crippen molar-refractivity contribution in [3.8, 4) is 0 Å². The van der Waals surface area contributed by atoms with Crippen LogP contribution in [0.3, 0.4) is 0 Å². The Morgan fingerprint density at radius 3 is 2.38 bits per heavy atom. The largest absolute Gasteiger partial charge is 0.321 e. The molecule has 4 aromatic rings. The number of aromatic nitrogens is 2. The van der Waals surface area contributed by atoms with Crippen LogP contribution in [0.2, 0.25) is 0 Å². The van der Waals surface area contributed by atoms with E-state index in [1.807, 2.05) is 30.3 Å². The number of fused-ring (bicyclic) bond motifs is 1. The third kappa shape index (κ3) is 3.58. The first kappa shape index (κ1) is 18.4. The third-order valence-corrected chi connectivity index (χ3v) is 4.50. The van der Waals surface area contributed by atoms with Gasteiger partial charge in [-0.25, -0.2) is 9.37 Å². The number of amides is 2. The smallest absolute Gasteiger partial charge is 0.294 e. The van der Waals surface area contributed by atoms with Gasteiger partial charge >= 0.3 is 0 Å². The second-order valence-corrected chi connectivity index (χ2v) is 6.40. The molecule has 0 saturated carbocycles. The van der Waals surface area contributed by atoms with Gasteiger partial charge in [0.1, 0.15) is 5.82 Å². The minimum Gasteiger partial charge on any atom is -0.321 e. The van der Waals surface area contributed by atoms with Gasteiger partial charge in [0.15, 0.2) is 5.69 Å². The van der Waals surface area contributed by atoms with Gasteiger partial charge < -0.3 is 10.2 Å². The van der Waals surface area contributed by atoms with Crippen LogP contribution in [0.15, 0.2) is 79.0 Å². The molecule has 7 heteroatoms. The predicted octanol–water partition coefficient (Wildman–Crippen LogP) is 4.00. The Morgan fingerprint density at radius 2 is 1.66 bits per heavy atom. The number of imidazole rings is 1. The molecule has 0 spiro atoms. The van der Waals surface area contributed by atoms with Crippen LogP contribution in [0.25, 0.3) is 5.52 Å². The minimum atomic E-state index is -0.485. The van der Waals surface area contributed by atoms with E-state index >= 15 is 0 Å². The Bertz CT molecular complexity index is 1190. The molecule has 2 aromatic heterocycles. The molecule has 2 heterocycles. The maximum absolute atomic E-state index is 13.1. The fraction of sp³-hybridized carbons (Fsp3) is 0.0455. The van der Waals surface area contributed by atoms with Gasteiger partial charge in [0.2, 0.25) is 5.82 Å². The first-order valence-corrected chi connectivity index (χ1v) is 8.92. The number of carbonyl (C=O) groups is 2. The molecular weight excluding hydrogens is 371 g/mol. The van der Waals surface area contributed by atoms with Crippen molar-refractivity contribution in [3.05, 3.63) is 96.3 Å². The number of pyridine rings is 1. The maximum atomic E-state index is 13.1. The Labute approximate surface area is 166 Å². The zero-order valence-electron chi connectivity index (χ0n) is 15.5. The van der Waals surface area contributed by atoms with E-state index in [0.717, 1.165) is 0 Å². The average Bonchev–Trinajstić information content (AvgIpc) is 3.15. The van der Waals surface area contributed by atoms with Gasteiger partial charge in [0.05, 0.1) is 5.52 Å². The summed E-state index contributed by atoms with van der Waals surface area (Å²) in [5, 5.41) is 2.68. The van der Waals surface area contributed by atoms with E-state index < -0.39 is 11.7 Å². The number of halogens is 1. The highest BCUT2D eigenvalue weighted by Gasteiger charge is 2.24. The fourth-order valence-corrected chi connectivity index (χ4v) is 3.00. The molecule has 0 aliphatic carbocycles. The van der Waals surface area contributed by atoms with Gasteiger partial charge in [-0.2, -0.15) is 0 Å². The van der Waals surface area contributed by atoms with Crippen LogP contribution in [-0.4, -0.2) is 28.2 Å². The number of benzene rings is 2. The highest BCUT2D eigenvalue weighted by Crippen LogP contribution is 2.19. The Balaban J connectivity index is 1.70. The van der Waals surface area contributed by atoms with Crippen LogP contribution in [0.4, 0.5) is 15.8 Å². The van der Waals surface area contributed by atoms with Crippen LogP contribution in [0.5, 0.6) is 0 Å². The van der Waals surface area contributed by atoms with Crippen molar-refractivity contribution in [2.75, 3.05) is 17.3 Å². The van der Waals surface area contributed by atoms with E-state index in [1.165, 1.54) is 29.2 Å². The van der Waals surface area contributed by atoms with Crippen molar-refractivity contribution in [3.63, 3.8) is 0 Å². The molecule has 0 atom stereocenters. The summed E-state index contributed by atoms with van der Waals surface area (Å²) in [6.45, 7) is 0.